The average molecular weight is 482 g/mol. The summed E-state index contributed by atoms with van der Waals surface area (Å²) in [6.07, 6.45) is 5.71. The monoisotopic (exact) mass is 481 g/mol. The number of nitrogens with one attached hydrogen (secondary N) is 1. The predicted octanol–water partition coefficient (Wildman–Crippen LogP) is 4.07. The molecule has 1 fully saturated rings. The number of nitrogens with zero attached hydrogens (tertiary/aromatic N) is 3. The number of carbonyl (C=O) groups excluding carboxylic acids is 1. The van der Waals surface area contributed by atoms with E-state index in [2.05, 4.69) is 64.9 Å². The predicted molar refractivity (Wildman–Crippen MR) is 139 cm³/mol. The van der Waals surface area contributed by atoms with E-state index >= 15 is 0 Å². The molecular weight excluding hydrogens is 450 g/mol. The fourth-order valence-corrected chi connectivity index (χ4v) is 4.16. The number of aromatic nitrogens is 1. The summed E-state index contributed by atoms with van der Waals surface area (Å²) in [7, 11) is 0. The fourth-order valence-electron chi connectivity index (χ4n) is 3.97. The molecule has 0 atom stereocenters. The van der Waals surface area contributed by atoms with Crippen LogP contribution in [-0.4, -0.2) is 59.4 Å². The summed E-state index contributed by atoms with van der Waals surface area (Å²) >= 11 is 5.50. The van der Waals surface area contributed by atoms with E-state index in [1.807, 2.05) is 0 Å². The first-order valence-corrected chi connectivity index (χ1v) is 11.6. The Morgan fingerprint density at radius 1 is 1.06 bits per heavy atom. The van der Waals surface area contributed by atoms with E-state index in [4.69, 9.17) is 27.9 Å². The molecule has 34 heavy (non-hydrogen) atoms. The number of hydrogen-bond acceptors (Lipinski definition) is 5. The Kier molecular flexibility index (Phi) is 8.73. The lowest BCUT2D eigenvalue weighted by atomic mass is 10.0. The summed E-state index contributed by atoms with van der Waals surface area (Å²) in [5.41, 5.74) is 10.1. The van der Waals surface area contributed by atoms with Crippen molar-refractivity contribution >= 4 is 29.4 Å². The van der Waals surface area contributed by atoms with Crippen molar-refractivity contribution in [3.05, 3.63) is 82.1 Å². The molecule has 8 heteroatoms. The van der Waals surface area contributed by atoms with Crippen molar-refractivity contribution in [2.45, 2.75) is 20.4 Å². The number of benzene rings is 2. The third-order valence-electron chi connectivity index (χ3n) is 6.24. The van der Waals surface area contributed by atoms with Crippen molar-refractivity contribution in [3.63, 3.8) is 0 Å². The van der Waals surface area contributed by atoms with Crippen molar-refractivity contribution in [1.29, 1.82) is 5.41 Å². The van der Waals surface area contributed by atoms with E-state index < -0.39 is 5.91 Å². The van der Waals surface area contributed by atoms with Gasteiger partial charge in [-0.15, -0.1) is 0 Å². The van der Waals surface area contributed by atoms with Crippen LogP contribution in [0.1, 0.15) is 27.0 Å². The lowest BCUT2D eigenvalue weighted by Crippen LogP contribution is -2.47. The van der Waals surface area contributed by atoms with E-state index in [1.165, 1.54) is 41.2 Å². The number of hydrogen-bond donors (Lipinski definition) is 3. The van der Waals surface area contributed by atoms with Gasteiger partial charge < -0.3 is 25.7 Å². The fraction of sp³-hybridized carbons (Fsp3) is 0.308. The Morgan fingerprint density at radius 3 is 2.32 bits per heavy atom. The molecule has 0 aliphatic carbocycles. The highest BCUT2D eigenvalue weighted by atomic mass is 35.5. The number of phenols is 1. The zero-order valence-corrected chi connectivity index (χ0v) is 20.4. The first kappa shape index (κ1) is 25.3. The molecule has 2 heterocycles. The van der Waals surface area contributed by atoms with Gasteiger partial charge in [0.25, 0.3) is 0 Å². The van der Waals surface area contributed by atoms with E-state index in [0.29, 0.717) is 0 Å². The first-order valence-electron chi connectivity index (χ1n) is 11.3. The first-order chi connectivity index (χ1) is 16.3. The van der Waals surface area contributed by atoms with Crippen LogP contribution in [-0.2, 0) is 6.54 Å². The summed E-state index contributed by atoms with van der Waals surface area (Å²) in [6, 6.07) is 12.5. The van der Waals surface area contributed by atoms with Gasteiger partial charge in [-0.1, -0.05) is 17.7 Å². The molecule has 0 unspecified atom stereocenters. The van der Waals surface area contributed by atoms with Crippen LogP contribution in [0.3, 0.4) is 0 Å². The number of nitrogens with two attached hydrogens (primary N) is 1. The molecule has 1 aliphatic rings. The Balaban J connectivity index is 0.000000248. The molecule has 2 aromatic carbocycles. The minimum atomic E-state index is -0.563. The topological polar surface area (TPSA) is 98.6 Å². The summed E-state index contributed by atoms with van der Waals surface area (Å²) in [4.78, 5) is 15.6. The maximum Gasteiger partial charge on any atom is 0.248 e. The molecule has 3 aromatic rings. The number of piperazine rings is 1. The zero-order valence-electron chi connectivity index (χ0n) is 19.7. The summed E-state index contributed by atoms with van der Waals surface area (Å²) in [6.45, 7) is 10.9. The number of carbonyl (C=O) groups is 1. The molecule has 4 N–H and O–H groups in total. The SMILES string of the molecule is Cc1c(C=N)ccc(N2CCN(CCn3cccc3)CC2)c1C.NC(=O)c1ccc(O)c(Cl)c1. The van der Waals surface area contributed by atoms with Crippen LogP contribution in [0.4, 0.5) is 5.69 Å². The Labute approximate surface area is 205 Å². The van der Waals surface area contributed by atoms with Crippen molar-refractivity contribution in [2.75, 3.05) is 37.6 Å². The number of rotatable bonds is 6. The third-order valence-corrected chi connectivity index (χ3v) is 6.54. The smallest absolute Gasteiger partial charge is 0.248 e. The Hall–Kier alpha value is -3.29. The lowest BCUT2D eigenvalue weighted by molar-refractivity contribution is 0.100. The van der Waals surface area contributed by atoms with Crippen LogP contribution in [0, 0.1) is 19.3 Å². The molecular formula is C26H32ClN5O2. The lowest BCUT2D eigenvalue weighted by Gasteiger charge is -2.37. The quantitative estimate of drug-likeness (QED) is 0.462. The van der Waals surface area contributed by atoms with Gasteiger partial charge in [-0.2, -0.15) is 0 Å². The second kappa shape index (κ2) is 11.7. The average Bonchev–Trinajstić information content (AvgIpc) is 3.36. The molecule has 1 saturated heterocycles. The maximum absolute atomic E-state index is 10.5. The highest BCUT2D eigenvalue weighted by Crippen LogP contribution is 2.26. The minimum Gasteiger partial charge on any atom is -0.506 e. The van der Waals surface area contributed by atoms with Crippen LogP contribution < -0.4 is 10.6 Å². The van der Waals surface area contributed by atoms with Crippen molar-refractivity contribution in [3.8, 4) is 5.75 Å². The van der Waals surface area contributed by atoms with Crippen LogP contribution in [0.15, 0.2) is 54.9 Å². The van der Waals surface area contributed by atoms with Gasteiger partial charge in [0.05, 0.1) is 5.02 Å². The van der Waals surface area contributed by atoms with Gasteiger partial charge in [-0.3, -0.25) is 9.69 Å². The number of halogens is 1. The highest BCUT2D eigenvalue weighted by molar-refractivity contribution is 6.32. The number of aromatic hydroxyl groups is 1. The molecule has 1 aromatic heterocycles. The van der Waals surface area contributed by atoms with Crippen molar-refractivity contribution < 1.29 is 9.90 Å². The Bertz CT molecular complexity index is 1120. The molecule has 7 nitrogen and oxygen atoms in total. The van der Waals surface area contributed by atoms with E-state index in [-0.39, 0.29) is 16.3 Å². The number of primary amides is 1. The van der Waals surface area contributed by atoms with Gasteiger partial charge in [-0.25, -0.2) is 0 Å². The van der Waals surface area contributed by atoms with Crippen molar-refractivity contribution in [1.82, 2.24) is 9.47 Å². The van der Waals surface area contributed by atoms with Crippen LogP contribution in [0.2, 0.25) is 5.02 Å². The normalized spacial score (nSPS) is 13.8. The van der Waals surface area contributed by atoms with Crippen LogP contribution >= 0.6 is 11.6 Å². The molecule has 0 radical (unpaired) electrons. The minimum absolute atomic E-state index is 0.0586. The van der Waals surface area contributed by atoms with Gasteiger partial charge in [0, 0.05) is 69.1 Å². The molecule has 1 amide bonds. The molecule has 0 spiro atoms. The largest absolute Gasteiger partial charge is 0.506 e. The number of anilines is 1. The second-order valence-electron chi connectivity index (χ2n) is 8.35. The molecule has 4 rings (SSSR count). The van der Waals surface area contributed by atoms with E-state index in [9.17, 15) is 4.79 Å². The number of phenolic OH excluding ortho intramolecular Hbond substituents is 1. The van der Waals surface area contributed by atoms with Gasteiger partial charge in [0.2, 0.25) is 5.91 Å². The summed E-state index contributed by atoms with van der Waals surface area (Å²) in [5.74, 6) is -0.622. The van der Waals surface area contributed by atoms with Crippen molar-refractivity contribution in [2.24, 2.45) is 5.73 Å². The van der Waals surface area contributed by atoms with E-state index in [0.717, 1.165) is 44.8 Å². The maximum atomic E-state index is 10.5. The molecule has 180 valence electrons. The van der Waals surface area contributed by atoms with Crippen LogP contribution in [0.5, 0.6) is 5.75 Å². The molecule has 0 saturated carbocycles. The summed E-state index contributed by atoms with van der Waals surface area (Å²) in [5, 5.41) is 16.5. The summed E-state index contributed by atoms with van der Waals surface area (Å²) < 4.78 is 2.25. The molecule has 1 aliphatic heterocycles. The second-order valence-corrected chi connectivity index (χ2v) is 8.76. The van der Waals surface area contributed by atoms with Gasteiger partial charge in [-0.05, 0) is 66.9 Å². The Morgan fingerprint density at radius 2 is 1.74 bits per heavy atom. The van der Waals surface area contributed by atoms with Gasteiger partial charge >= 0.3 is 0 Å². The number of amides is 1. The van der Waals surface area contributed by atoms with E-state index in [1.54, 1.807) is 0 Å². The zero-order chi connectivity index (χ0) is 24.7. The third kappa shape index (κ3) is 6.40. The highest BCUT2D eigenvalue weighted by Gasteiger charge is 2.19. The van der Waals surface area contributed by atoms with Gasteiger partial charge in [0.1, 0.15) is 5.75 Å². The standard InChI is InChI=1S/C19H26N4.C7H6ClNO2/c1-16-17(2)19(6-5-18(16)15-20)23-13-11-22(12-14-23)10-9-21-7-3-4-8-21;8-5-3-4(7(9)11)1-2-6(5)10/h3-8,15,20H,9-14H2,1-2H3;1-3,10H,(H2,9,11). The van der Waals surface area contributed by atoms with Crippen LogP contribution in [0.25, 0.3) is 0 Å². The molecule has 0 bridgehead atoms. The van der Waals surface area contributed by atoms with Gasteiger partial charge in [0.15, 0.2) is 0 Å².